The third kappa shape index (κ3) is 4.58. The molecular formula is C35H46O6. The lowest BCUT2D eigenvalue weighted by Gasteiger charge is -2.62. The lowest BCUT2D eigenvalue weighted by Crippen LogP contribution is -2.72. The number of aliphatic hydroxyl groups is 1. The van der Waals surface area contributed by atoms with Gasteiger partial charge in [0, 0.05) is 12.2 Å². The van der Waals surface area contributed by atoms with Crippen LogP contribution in [-0.2, 0) is 19.1 Å². The van der Waals surface area contributed by atoms with Crippen LogP contribution in [0.25, 0.3) is 0 Å². The quantitative estimate of drug-likeness (QED) is 0.219. The van der Waals surface area contributed by atoms with Gasteiger partial charge >= 0.3 is 0 Å². The molecule has 2 bridgehead atoms. The Morgan fingerprint density at radius 2 is 1.63 bits per heavy atom. The lowest BCUT2D eigenvalue weighted by atomic mass is 9.39. The Hall–Kier alpha value is -2.83. The average molecular weight is 563 g/mol. The lowest BCUT2D eigenvalue weighted by molar-refractivity contribution is -0.194. The van der Waals surface area contributed by atoms with Crippen molar-refractivity contribution in [1.82, 2.24) is 0 Å². The van der Waals surface area contributed by atoms with E-state index in [9.17, 15) is 9.90 Å². The predicted octanol–water partition coefficient (Wildman–Crippen LogP) is 6.58. The summed E-state index contributed by atoms with van der Waals surface area (Å²) in [5.41, 5.74) is -2.91. The molecule has 1 saturated carbocycles. The van der Waals surface area contributed by atoms with Gasteiger partial charge in [-0.15, -0.1) is 0 Å². The van der Waals surface area contributed by atoms with Crippen LogP contribution in [0.5, 0.6) is 0 Å². The van der Waals surface area contributed by atoms with Gasteiger partial charge in [-0.05, 0) is 79.1 Å². The number of benzene rings is 1. The first kappa shape index (κ1) is 31.1. The maximum atomic E-state index is 15.3. The fourth-order valence-corrected chi connectivity index (χ4v) is 7.31. The van der Waals surface area contributed by atoms with E-state index >= 15 is 9.59 Å². The highest BCUT2D eigenvalue weighted by Crippen LogP contribution is 2.68. The number of Topliss-reactive ketones (excluding diaryl/α,β-unsaturated/α-hetero) is 3. The number of aliphatic hydroxyl groups excluding tert-OH is 1. The Morgan fingerprint density at radius 1 is 1.02 bits per heavy atom. The minimum atomic E-state index is -1.82. The summed E-state index contributed by atoms with van der Waals surface area (Å²) in [4.78, 5) is 45.0. The van der Waals surface area contributed by atoms with Gasteiger partial charge in [-0.2, -0.15) is 0 Å². The maximum Gasteiger partial charge on any atom is 0.184 e. The molecule has 41 heavy (non-hydrogen) atoms. The minimum absolute atomic E-state index is 0.00883. The normalized spacial score (nSPS) is 31.6. The SMILES string of the molecule is CCO[C@@H]1[C@H](O)C2=C(OC1(C)C)[C@]1(C(=O)c3ccccc3)C(=O)[C@@](CC=C(C)C)(C[C@@H](CC=C(C)C)C1(C)C)C2=O. The van der Waals surface area contributed by atoms with Gasteiger partial charge < -0.3 is 14.6 Å². The molecule has 2 aliphatic carbocycles. The number of hydrogen-bond acceptors (Lipinski definition) is 6. The van der Waals surface area contributed by atoms with Crippen LogP contribution in [-0.4, -0.2) is 46.9 Å². The van der Waals surface area contributed by atoms with Crippen molar-refractivity contribution in [2.24, 2.45) is 22.2 Å². The summed E-state index contributed by atoms with van der Waals surface area (Å²) in [6.07, 6.45) is 2.87. The molecule has 1 fully saturated rings. The van der Waals surface area contributed by atoms with E-state index in [0.717, 1.165) is 11.1 Å². The number of carbonyl (C=O) groups is 3. The molecule has 3 aliphatic rings. The molecule has 0 spiro atoms. The summed E-state index contributed by atoms with van der Waals surface area (Å²) < 4.78 is 12.6. The highest BCUT2D eigenvalue weighted by molar-refractivity contribution is 6.30. The van der Waals surface area contributed by atoms with Gasteiger partial charge in [-0.1, -0.05) is 67.5 Å². The van der Waals surface area contributed by atoms with Gasteiger partial charge in [0.2, 0.25) is 0 Å². The summed E-state index contributed by atoms with van der Waals surface area (Å²) >= 11 is 0. The van der Waals surface area contributed by atoms with Crippen molar-refractivity contribution in [3.63, 3.8) is 0 Å². The van der Waals surface area contributed by atoms with Crippen LogP contribution in [0.2, 0.25) is 0 Å². The van der Waals surface area contributed by atoms with Crippen molar-refractivity contribution in [2.45, 2.75) is 99.4 Å². The van der Waals surface area contributed by atoms with E-state index in [-0.39, 0.29) is 30.1 Å². The van der Waals surface area contributed by atoms with E-state index in [1.165, 1.54) is 0 Å². The molecule has 1 heterocycles. The number of hydrogen-bond donors (Lipinski definition) is 1. The van der Waals surface area contributed by atoms with E-state index < -0.39 is 51.4 Å². The van der Waals surface area contributed by atoms with Crippen molar-refractivity contribution in [2.75, 3.05) is 6.61 Å². The number of ketones is 3. The largest absolute Gasteiger partial charge is 0.487 e. The van der Waals surface area contributed by atoms with E-state index in [2.05, 4.69) is 6.08 Å². The number of carbonyl (C=O) groups excluding carboxylic acids is 3. The van der Waals surface area contributed by atoms with Gasteiger partial charge in [0.15, 0.2) is 22.8 Å². The molecule has 6 heteroatoms. The zero-order chi connectivity index (χ0) is 30.5. The van der Waals surface area contributed by atoms with Crippen LogP contribution in [0, 0.1) is 22.2 Å². The van der Waals surface area contributed by atoms with Gasteiger partial charge in [0.25, 0.3) is 0 Å². The molecule has 5 atom stereocenters. The summed E-state index contributed by atoms with van der Waals surface area (Å²) in [5.74, 6) is -1.45. The van der Waals surface area contributed by atoms with Crippen LogP contribution < -0.4 is 0 Å². The minimum Gasteiger partial charge on any atom is -0.487 e. The van der Waals surface area contributed by atoms with Crippen LogP contribution in [0.1, 0.15) is 91.9 Å². The van der Waals surface area contributed by atoms with Gasteiger partial charge in [-0.3, -0.25) is 14.4 Å². The van der Waals surface area contributed by atoms with E-state index in [4.69, 9.17) is 9.47 Å². The predicted molar refractivity (Wildman–Crippen MR) is 159 cm³/mol. The molecule has 4 rings (SSSR count). The molecule has 0 unspecified atom stereocenters. The van der Waals surface area contributed by atoms with Crippen LogP contribution >= 0.6 is 0 Å². The van der Waals surface area contributed by atoms with Crippen molar-refractivity contribution < 1.29 is 29.0 Å². The molecule has 0 aromatic heterocycles. The van der Waals surface area contributed by atoms with E-state index in [1.807, 2.05) is 60.6 Å². The molecule has 6 nitrogen and oxygen atoms in total. The standard InChI is InChI=1S/C35H46O6/c1-10-40-30-26(36)25-28(38)34(19-18-22(4)5)20-24(17-16-21(2)3)32(6,7)35(31(34)39,29(25)41-33(30,8)9)27(37)23-14-12-11-13-15-23/h11-16,18,24,26,30,36H,10,17,19-20H2,1-9H3/t24-,26-,30-,34+,35-/m1/s1. The molecule has 222 valence electrons. The second-order valence-electron chi connectivity index (χ2n) is 13.6. The van der Waals surface area contributed by atoms with Crippen molar-refractivity contribution in [1.29, 1.82) is 0 Å². The third-order valence-electron chi connectivity index (χ3n) is 9.65. The van der Waals surface area contributed by atoms with E-state index in [0.29, 0.717) is 18.6 Å². The first-order valence-electron chi connectivity index (χ1n) is 14.8. The molecule has 1 N–H and O–H groups in total. The zero-order valence-electron chi connectivity index (χ0n) is 26.1. The van der Waals surface area contributed by atoms with Crippen LogP contribution in [0.3, 0.4) is 0 Å². The number of fused-ring (bicyclic) bond motifs is 3. The second kappa shape index (κ2) is 10.8. The topological polar surface area (TPSA) is 89.9 Å². The molecule has 1 aliphatic heterocycles. The second-order valence-corrected chi connectivity index (χ2v) is 13.6. The summed E-state index contributed by atoms with van der Waals surface area (Å²) in [6.45, 7) is 17.5. The van der Waals surface area contributed by atoms with E-state index in [1.54, 1.807) is 38.1 Å². The Morgan fingerprint density at radius 3 is 2.20 bits per heavy atom. The zero-order valence-corrected chi connectivity index (χ0v) is 26.1. The summed E-state index contributed by atoms with van der Waals surface area (Å²) in [5, 5.41) is 11.9. The molecular weight excluding hydrogens is 516 g/mol. The monoisotopic (exact) mass is 562 g/mol. The first-order valence-corrected chi connectivity index (χ1v) is 14.8. The summed E-state index contributed by atoms with van der Waals surface area (Å²) in [7, 11) is 0. The molecule has 1 aromatic carbocycles. The molecule has 0 radical (unpaired) electrons. The Balaban J connectivity index is 2.16. The Labute approximate surface area is 244 Å². The van der Waals surface area contributed by atoms with Crippen molar-refractivity contribution >= 4 is 17.3 Å². The Bertz CT molecular complexity index is 1320. The van der Waals surface area contributed by atoms with Crippen molar-refractivity contribution in [3.05, 3.63) is 70.5 Å². The highest BCUT2D eigenvalue weighted by atomic mass is 16.6. The highest BCUT2D eigenvalue weighted by Gasteiger charge is 2.77. The fraction of sp³-hybridized carbons (Fsp3) is 0.571. The van der Waals surface area contributed by atoms with Crippen LogP contribution in [0.4, 0.5) is 0 Å². The summed E-state index contributed by atoms with van der Waals surface area (Å²) in [6, 6.07) is 8.79. The molecule has 0 saturated heterocycles. The smallest absolute Gasteiger partial charge is 0.184 e. The van der Waals surface area contributed by atoms with Crippen LogP contribution in [0.15, 0.2) is 65.0 Å². The fourth-order valence-electron chi connectivity index (χ4n) is 7.31. The van der Waals surface area contributed by atoms with Crippen molar-refractivity contribution in [3.8, 4) is 0 Å². The van der Waals surface area contributed by atoms with Gasteiger partial charge in [-0.25, -0.2) is 0 Å². The number of rotatable bonds is 8. The molecule has 1 aromatic rings. The Kier molecular flexibility index (Phi) is 8.18. The average Bonchev–Trinajstić information content (AvgIpc) is 2.89. The van der Waals surface area contributed by atoms with Gasteiger partial charge in [0.05, 0.1) is 11.0 Å². The number of allylic oxidation sites excluding steroid dienone is 5. The number of ether oxygens (including phenoxy) is 2. The molecule has 0 amide bonds. The maximum absolute atomic E-state index is 15.3. The van der Waals surface area contributed by atoms with Gasteiger partial charge in [0.1, 0.15) is 23.6 Å². The third-order valence-corrected chi connectivity index (χ3v) is 9.65. The first-order chi connectivity index (χ1) is 19.1.